The van der Waals surface area contributed by atoms with Crippen molar-refractivity contribution in [3.05, 3.63) is 12.2 Å². The minimum atomic E-state index is -0.856. The van der Waals surface area contributed by atoms with Crippen molar-refractivity contribution in [2.45, 2.75) is 45.4 Å². The predicted octanol–water partition coefficient (Wildman–Crippen LogP) is 2.99. The number of rotatable bonds is 7. The van der Waals surface area contributed by atoms with E-state index < -0.39 is 5.97 Å². The number of hydrogen-bond donors (Lipinski definition) is 1. The first kappa shape index (κ1) is 11.2. The lowest BCUT2D eigenvalue weighted by atomic mass is 10.1. The second kappa shape index (κ2) is 6.89. The lowest BCUT2D eigenvalue weighted by Crippen LogP contribution is -1.98. The van der Waals surface area contributed by atoms with Crippen molar-refractivity contribution < 1.29 is 9.90 Å². The largest absolute Gasteiger partial charge is 0.478 e. The lowest BCUT2D eigenvalue weighted by Gasteiger charge is -1.99. The molecule has 0 saturated carbocycles. The maximum Gasteiger partial charge on any atom is 0.330 e. The summed E-state index contributed by atoms with van der Waals surface area (Å²) in [5, 5.41) is 8.49. The highest BCUT2D eigenvalue weighted by Crippen LogP contribution is 2.09. The van der Waals surface area contributed by atoms with Gasteiger partial charge in [-0.3, -0.25) is 0 Å². The molecule has 0 unspecified atom stereocenters. The van der Waals surface area contributed by atoms with E-state index in [1.807, 2.05) is 0 Å². The number of aliphatic carboxylic acids is 1. The molecule has 0 radical (unpaired) electrons. The van der Waals surface area contributed by atoms with Gasteiger partial charge in [-0.15, -0.1) is 0 Å². The van der Waals surface area contributed by atoms with Gasteiger partial charge in [0.2, 0.25) is 0 Å². The van der Waals surface area contributed by atoms with Crippen molar-refractivity contribution in [2.75, 3.05) is 0 Å². The van der Waals surface area contributed by atoms with Gasteiger partial charge < -0.3 is 5.11 Å². The zero-order valence-electron chi connectivity index (χ0n) is 7.81. The smallest absolute Gasteiger partial charge is 0.330 e. The molecule has 0 aromatic heterocycles. The first-order valence-electron chi connectivity index (χ1n) is 4.59. The first-order valence-corrected chi connectivity index (χ1v) is 4.59. The van der Waals surface area contributed by atoms with E-state index in [9.17, 15) is 4.79 Å². The van der Waals surface area contributed by atoms with Crippen LogP contribution >= 0.6 is 0 Å². The lowest BCUT2D eigenvalue weighted by molar-refractivity contribution is -0.132. The van der Waals surface area contributed by atoms with Gasteiger partial charge >= 0.3 is 5.97 Å². The van der Waals surface area contributed by atoms with Crippen molar-refractivity contribution in [1.29, 1.82) is 0 Å². The summed E-state index contributed by atoms with van der Waals surface area (Å²) in [7, 11) is 0. The van der Waals surface area contributed by atoms with E-state index in [4.69, 9.17) is 5.11 Å². The van der Waals surface area contributed by atoms with Gasteiger partial charge in [0.25, 0.3) is 0 Å². The van der Waals surface area contributed by atoms with Gasteiger partial charge in [-0.25, -0.2) is 4.79 Å². The van der Waals surface area contributed by atoms with E-state index in [0.717, 1.165) is 12.8 Å². The summed E-state index contributed by atoms with van der Waals surface area (Å²) >= 11 is 0. The Bertz CT molecular complexity index is 150. The zero-order valence-corrected chi connectivity index (χ0v) is 7.81. The van der Waals surface area contributed by atoms with Gasteiger partial charge in [-0.05, 0) is 12.8 Å². The summed E-state index contributed by atoms with van der Waals surface area (Å²) in [5.74, 6) is -0.856. The maximum atomic E-state index is 10.3. The Kier molecular flexibility index (Phi) is 6.44. The molecule has 0 bridgehead atoms. The average Bonchev–Trinajstić information content (AvgIpc) is 2.03. The SMILES string of the molecule is C=C(CCCCCCC)C(=O)O. The monoisotopic (exact) mass is 170 g/mol. The van der Waals surface area contributed by atoms with Crippen molar-refractivity contribution in [2.24, 2.45) is 0 Å². The molecule has 2 nitrogen and oxygen atoms in total. The molecule has 0 aliphatic rings. The number of carboxylic acid groups (broad SMARTS) is 1. The molecule has 0 fully saturated rings. The van der Waals surface area contributed by atoms with Crippen LogP contribution in [-0.2, 0) is 4.79 Å². The average molecular weight is 170 g/mol. The molecule has 0 aliphatic carbocycles. The highest BCUT2D eigenvalue weighted by atomic mass is 16.4. The molecule has 0 aromatic rings. The van der Waals surface area contributed by atoms with Crippen molar-refractivity contribution in [1.82, 2.24) is 0 Å². The molecule has 0 amide bonds. The highest BCUT2D eigenvalue weighted by molar-refractivity contribution is 5.85. The fraction of sp³-hybridized carbons (Fsp3) is 0.700. The summed E-state index contributed by atoms with van der Waals surface area (Å²) in [6, 6.07) is 0. The van der Waals surface area contributed by atoms with Crippen molar-refractivity contribution in [3.8, 4) is 0 Å². The quantitative estimate of drug-likeness (QED) is 0.471. The topological polar surface area (TPSA) is 37.3 Å². The van der Waals surface area contributed by atoms with Crippen LogP contribution in [0.4, 0.5) is 0 Å². The van der Waals surface area contributed by atoms with Crippen molar-refractivity contribution >= 4 is 5.97 Å². The molecule has 0 aromatic carbocycles. The van der Waals surface area contributed by atoms with Crippen LogP contribution in [0.2, 0.25) is 0 Å². The third kappa shape index (κ3) is 5.96. The molecule has 2 heteroatoms. The van der Waals surface area contributed by atoms with E-state index in [1.54, 1.807) is 0 Å². The molecule has 12 heavy (non-hydrogen) atoms. The number of carboxylic acids is 1. The van der Waals surface area contributed by atoms with Crippen LogP contribution < -0.4 is 0 Å². The van der Waals surface area contributed by atoms with Crippen LogP contribution in [0.15, 0.2) is 12.2 Å². The molecule has 0 rings (SSSR count). The number of carbonyl (C=O) groups is 1. The number of hydrogen-bond acceptors (Lipinski definition) is 1. The van der Waals surface area contributed by atoms with Gasteiger partial charge in [-0.2, -0.15) is 0 Å². The summed E-state index contributed by atoms with van der Waals surface area (Å²) < 4.78 is 0. The highest BCUT2D eigenvalue weighted by Gasteiger charge is 2.01. The van der Waals surface area contributed by atoms with Crippen LogP contribution in [0.1, 0.15) is 45.4 Å². The van der Waals surface area contributed by atoms with E-state index in [1.165, 1.54) is 19.3 Å². The first-order chi connectivity index (χ1) is 5.68. The Balaban J connectivity index is 3.20. The Hall–Kier alpha value is -0.790. The molecular formula is C10H18O2. The van der Waals surface area contributed by atoms with E-state index in [2.05, 4.69) is 13.5 Å². The zero-order chi connectivity index (χ0) is 9.40. The van der Waals surface area contributed by atoms with Gasteiger partial charge in [0.1, 0.15) is 0 Å². The van der Waals surface area contributed by atoms with Crippen LogP contribution in [0, 0.1) is 0 Å². The second-order valence-electron chi connectivity index (χ2n) is 3.07. The molecule has 70 valence electrons. The van der Waals surface area contributed by atoms with Gasteiger partial charge in [0.15, 0.2) is 0 Å². The molecule has 0 saturated heterocycles. The molecular weight excluding hydrogens is 152 g/mol. The molecule has 0 atom stereocenters. The Morgan fingerprint density at radius 2 is 1.83 bits per heavy atom. The van der Waals surface area contributed by atoms with Gasteiger partial charge in [0, 0.05) is 5.57 Å². The fourth-order valence-corrected chi connectivity index (χ4v) is 1.05. The summed E-state index contributed by atoms with van der Waals surface area (Å²) in [6.45, 7) is 5.64. The minimum Gasteiger partial charge on any atom is -0.478 e. The van der Waals surface area contributed by atoms with E-state index >= 15 is 0 Å². The Morgan fingerprint density at radius 3 is 2.33 bits per heavy atom. The standard InChI is InChI=1S/C10H18O2/c1-3-4-5-6-7-8-9(2)10(11)12/h2-8H2,1H3,(H,11,12). The van der Waals surface area contributed by atoms with Gasteiger partial charge in [-0.1, -0.05) is 39.2 Å². The van der Waals surface area contributed by atoms with E-state index in [0.29, 0.717) is 12.0 Å². The molecule has 0 heterocycles. The molecule has 0 spiro atoms. The summed E-state index contributed by atoms with van der Waals surface area (Å²) in [5.41, 5.74) is 0.339. The van der Waals surface area contributed by atoms with Crippen LogP contribution in [0.25, 0.3) is 0 Å². The normalized spacial score (nSPS) is 9.75. The summed E-state index contributed by atoms with van der Waals surface area (Å²) in [6.07, 6.45) is 6.41. The third-order valence-electron chi connectivity index (χ3n) is 1.88. The third-order valence-corrected chi connectivity index (χ3v) is 1.88. The minimum absolute atomic E-state index is 0.339. The Labute approximate surface area is 74.3 Å². The fourth-order valence-electron chi connectivity index (χ4n) is 1.05. The second-order valence-corrected chi connectivity index (χ2v) is 3.07. The summed E-state index contributed by atoms with van der Waals surface area (Å²) in [4.78, 5) is 10.3. The van der Waals surface area contributed by atoms with Crippen LogP contribution in [0.5, 0.6) is 0 Å². The van der Waals surface area contributed by atoms with E-state index in [-0.39, 0.29) is 0 Å². The van der Waals surface area contributed by atoms with Crippen molar-refractivity contribution in [3.63, 3.8) is 0 Å². The van der Waals surface area contributed by atoms with Gasteiger partial charge in [0.05, 0.1) is 0 Å². The Morgan fingerprint density at radius 1 is 1.25 bits per heavy atom. The van der Waals surface area contributed by atoms with Crippen LogP contribution in [-0.4, -0.2) is 11.1 Å². The molecule has 0 aliphatic heterocycles. The van der Waals surface area contributed by atoms with Crippen LogP contribution in [0.3, 0.4) is 0 Å². The molecule has 1 N–H and O–H groups in total. The number of unbranched alkanes of at least 4 members (excludes halogenated alkanes) is 4. The predicted molar refractivity (Wildman–Crippen MR) is 50.2 cm³/mol. The maximum absolute atomic E-state index is 10.3.